The van der Waals surface area contributed by atoms with E-state index in [1.165, 1.54) is 0 Å². The zero-order chi connectivity index (χ0) is 12.1. The summed E-state index contributed by atoms with van der Waals surface area (Å²) in [5.74, 6) is 1.24. The van der Waals surface area contributed by atoms with Crippen LogP contribution in [0.4, 0.5) is 0 Å². The van der Waals surface area contributed by atoms with E-state index in [0.717, 1.165) is 12.2 Å². The van der Waals surface area contributed by atoms with Gasteiger partial charge in [0.25, 0.3) is 5.91 Å². The minimum atomic E-state index is -0.130. The third-order valence-electron chi connectivity index (χ3n) is 2.59. The molecule has 0 bridgehead atoms. The van der Waals surface area contributed by atoms with E-state index >= 15 is 0 Å². The van der Waals surface area contributed by atoms with E-state index in [9.17, 15) is 4.79 Å². The second-order valence-corrected chi connectivity index (χ2v) is 3.92. The van der Waals surface area contributed by atoms with Gasteiger partial charge >= 0.3 is 0 Å². The van der Waals surface area contributed by atoms with Crippen molar-refractivity contribution in [1.82, 2.24) is 5.32 Å². The number of aliphatic hydroxyl groups is 1. The maximum Gasteiger partial charge on any atom is 0.255 e. The van der Waals surface area contributed by atoms with Gasteiger partial charge in [0.15, 0.2) is 0 Å². The first kappa shape index (κ1) is 12.8. The summed E-state index contributed by atoms with van der Waals surface area (Å²) in [6.45, 7) is 5.65. The molecule has 1 amide bonds. The van der Waals surface area contributed by atoms with Crippen LogP contribution in [0, 0.1) is 13.8 Å². The van der Waals surface area contributed by atoms with Crippen molar-refractivity contribution in [2.24, 2.45) is 0 Å². The molecule has 0 fully saturated rings. The van der Waals surface area contributed by atoms with Gasteiger partial charge in [-0.2, -0.15) is 0 Å². The number of carbonyl (C=O) groups excluding carboxylic acids is 1. The minimum Gasteiger partial charge on any atom is -0.466 e. The number of hydrogen-bond acceptors (Lipinski definition) is 3. The molecule has 0 saturated heterocycles. The van der Waals surface area contributed by atoms with Crippen LogP contribution < -0.4 is 5.32 Å². The van der Waals surface area contributed by atoms with E-state index in [1.54, 1.807) is 13.0 Å². The van der Waals surface area contributed by atoms with Crippen LogP contribution in [-0.2, 0) is 0 Å². The summed E-state index contributed by atoms with van der Waals surface area (Å²) in [5.41, 5.74) is 0.578. The topological polar surface area (TPSA) is 62.5 Å². The molecule has 2 N–H and O–H groups in total. The number of aryl methyl sites for hydroxylation is 2. The van der Waals surface area contributed by atoms with Crippen LogP contribution in [0.15, 0.2) is 10.5 Å². The van der Waals surface area contributed by atoms with E-state index in [-0.39, 0.29) is 18.6 Å². The third-order valence-corrected chi connectivity index (χ3v) is 2.59. The lowest BCUT2D eigenvalue weighted by Crippen LogP contribution is -2.35. The quantitative estimate of drug-likeness (QED) is 0.803. The maximum absolute atomic E-state index is 11.9. The highest BCUT2D eigenvalue weighted by Crippen LogP contribution is 2.14. The number of rotatable bonds is 5. The Balaban J connectivity index is 2.67. The van der Waals surface area contributed by atoms with E-state index in [4.69, 9.17) is 9.52 Å². The molecular formula is C12H19NO3. The second-order valence-electron chi connectivity index (χ2n) is 3.92. The second kappa shape index (κ2) is 5.70. The van der Waals surface area contributed by atoms with Crippen LogP contribution >= 0.6 is 0 Å². The number of nitrogens with one attached hydrogen (secondary N) is 1. The number of furan rings is 1. The van der Waals surface area contributed by atoms with Crippen LogP contribution in [0.25, 0.3) is 0 Å². The first-order valence-corrected chi connectivity index (χ1v) is 5.57. The fourth-order valence-electron chi connectivity index (χ4n) is 1.65. The molecule has 16 heavy (non-hydrogen) atoms. The summed E-state index contributed by atoms with van der Waals surface area (Å²) in [7, 11) is 0. The highest BCUT2D eigenvalue weighted by molar-refractivity contribution is 5.95. The molecule has 0 aliphatic heterocycles. The molecule has 4 nitrogen and oxygen atoms in total. The monoisotopic (exact) mass is 225 g/mol. The van der Waals surface area contributed by atoms with Crippen molar-refractivity contribution in [1.29, 1.82) is 0 Å². The summed E-state index contributed by atoms with van der Waals surface area (Å²) in [6.07, 6.45) is 1.39. The number of amides is 1. The smallest absolute Gasteiger partial charge is 0.255 e. The van der Waals surface area contributed by atoms with E-state index in [2.05, 4.69) is 5.32 Å². The normalized spacial score (nSPS) is 12.5. The van der Waals surface area contributed by atoms with Gasteiger partial charge in [0, 0.05) is 12.6 Å². The largest absolute Gasteiger partial charge is 0.466 e. The molecule has 0 saturated carbocycles. The first-order chi connectivity index (χ1) is 7.58. The Bertz CT molecular complexity index is 357. The summed E-state index contributed by atoms with van der Waals surface area (Å²) in [4.78, 5) is 11.9. The Morgan fingerprint density at radius 2 is 2.25 bits per heavy atom. The Morgan fingerprint density at radius 3 is 2.69 bits per heavy atom. The fraction of sp³-hybridized carbons (Fsp3) is 0.583. The zero-order valence-electron chi connectivity index (χ0n) is 10.0. The van der Waals surface area contributed by atoms with Crippen molar-refractivity contribution in [3.63, 3.8) is 0 Å². The molecular weight excluding hydrogens is 206 g/mol. The summed E-state index contributed by atoms with van der Waals surface area (Å²) < 4.78 is 5.30. The highest BCUT2D eigenvalue weighted by Gasteiger charge is 2.16. The van der Waals surface area contributed by atoms with Crippen molar-refractivity contribution < 1.29 is 14.3 Å². The number of hydrogen-bond donors (Lipinski definition) is 2. The fourth-order valence-corrected chi connectivity index (χ4v) is 1.65. The standard InChI is InChI=1S/C12H19NO3/c1-4-10(5-6-14)13-12(15)11-7-8(2)16-9(11)3/h7,10,14H,4-6H2,1-3H3,(H,13,15). The average molecular weight is 225 g/mol. The Kier molecular flexibility index (Phi) is 4.55. The third kappa shape index (κ3) is 3.10. The van der Waals surface area contributed by atoms with Crippen LogP contribution in [0.3, 0.4) is 0 Å². The lowest BCUT2D eigenvalue weighted by molar-refractivity contribution is 0.0927. The molecule has 0 aliphatic carbocycles. The van der Waals surface area contributed by atoms with Crippen molar-refractivity contribution in [3.8, 4) is 0 Å². The molecule has 1 atom stereocenters. The molecule has 1 unspecified atom stereocenters. The number of aliphatic hydroxyl groups excluding tert-OH is 1. The van der Waals surface area contributed by atoms with Gasteiger partial charge in [-0.05, 0) is 32.8 Å². The molecule has 1 rings (SSSR count). The summed E-state index contributed by atoms with van der Waals surface area (Å²) in [5, 5.41) is 11.7. The molecule has 0 aliphatic rings. The highest BCUT2D eigenvalue weighted by atomic mass is 16.3. The van der Waals surface area contributed by atoms with Crippen molar-refractivity contribution in [2.75, 3.05) is 6.61 Å². The van der Waals surface area contributed by atoms with Crippen molar-refractivity contribution >= 4 is 5.91 Å². The van der Waals surface area contributed by atoms with Crippen LogP contribution in [-0.4, -0.2) is 23.7 Å². The van der Waals surface area contributed by atoms with Gasteiger partial charge in [0.05, 0.1) is 5.56 Å². The first-order valence-electron chi connectivity index (χ1n) is 5.57. The molecule has 0 radical (unpaired) electrons. The SMILES string of the molecule is CCC(CCO)NC(=O)c1cc(C)oc1C. The zero-order valence-corrected chi connectivity index (χ0v) is 10.0. The van der Waals surface area contributed by atoms with Crippen LogP contribution in [0.1, 0.15) is 41.6 Å². The lowest BCUT2D eigenvalue weighted by Gasteiger charge is -2.15. The van der Waals surface area contributed by atoms with Crippen LogP contribution in [0.2, 0.25) is 0 Å². The van der Waals surface area contributed by atoms with Crippen molar-refractivity contribution in [2.45, 2.75) is 39.7 Å². The predicted octanol–water partition coefficient (Wildman–Crippen LogP) is 1.79. The van der Waals surface area contributed by atoms with Gasteiger partial charge in [-0.3, -0.25) is 4.79 Å². The molecule has 0 spiro atoms. The Hall–Kier alpha value is -1.29. The molecule has 1 aromatic rings. The molecule has 1 aromatic heterocycles. The summed E-state index contributed by atoms with van der Waals surface area (Å²) >= 11 is 0. The van der Waals surface area contributed by atoms with Gasteiger partial charge in [-0.1, -0.05) is 6.92 Å². The van der Waals surface area contributed by atoms with Crippen molar-refractivity contribution in [3.05, 3.63) is 23.2 Å². The Morgan fingerprint density at radius 1 is 1.56 bits per heavy atom. The van der Waals surface area contributed by atoms with Gasteiger partial charge in [0.2, 0.25) is 0 Å². The average Bonchev–Trinajstić information content (AvgIpc) is 2.57. The molecule has 0 aromatic carbocycles. The maximum atomic E-state index is 11.9. The molecule has 4 heteroatoms. The number of carbonyl (C=O) groups is 1. The van der Waals surface area contributed by atoms with Gasteiger partial charge in [-0.25, -0.2) is 0 Å². The lowest BCUT2D eigenvalue weighted by atomic mass is 10.1. The van der Waals surface area contributed by atoms with Gasteiger partial charge in [-0.15, -0.1) is 0 Å². The molecule has 90 valence electrons. The van der Waals surface area contributed by atoms with E-state index < -0.39 is 0 Å². The Labute approximate surface area is 95.7 Å². The van der Waals surface area contributed by atoms with Crippen LogP contribution in [0.5, 0.6) is 0 Å². The van der Waals surface area contributed by atoms with Gasteiger partial charge < -0.3 is 14.8 Å². The van der Waals surface area contributed by atoms with E-state index in [1.807, 2.05) is 13.8 Å². The van der Waals surface area contributed by atoms with E-state index in [0.29, 0.717) is 17.7 Å². The predicted molar refractivity (Wildman–Crippen MR) is 61.4 cm³/mol. The minimum absolute atomic E-state index is 0.0205. The van der Waals surface area contributed by atoms with Gasteiger partial charge in [0.1, 0.15) is 11.5 Å². The summed E-state index contributed by atoms with van der Waals surface area (Å²) in [6, 6.07) is 1.75. The molecule has 1 heterocycles.